The number of rotatable bonds is 8. The quantitative estimate of drug-likeness (QED) is 0.474. The number of nitrogens with one attached hydrogen (secondary N) is 1. The molecule has 196 valence electrons. The van der Waals surface area contributed by atoms with Crippen LogP contribution >= 0.6 is 23.2 Å². The fourth-order valence-corrected chi connectivity index (χ4v) is 7.22. The van der Waals surface area contributed by atoms with Gasteiger partial charge >= 0.3 is 0 Å². The second-order valence-electron chi connectivity index (χ2n) is 10.1. The summed E-state index contributed by atoms with van der Waals surface area (Å²) in [5, 5.41) is 3.34. The van der Waals surface area contributed by atoms with E-state index in [1.54, 1.807) is 13.0 Å². The van der Waals surface area contributed by atoms with Crippen LogP contribution in [0.5, 0.6) is 0 Å². The number of carbonyl (C=O) groups is 1. The van der Waals surface area contributed by atoms with Crippen molar-refractivity contribution in [2.24, 2.45) is 5.92 Å². The maximum atomic E-state index is 13.1. The molecule has 1 unspecified atom stereocenters. The average molecular weight is 553 g/mol. The lowest BCUT2D eigenvalue weighted by Crippen LogP contribution is -2.40. The molecule has 1 aliphatic heterocycles. The molecule has 6 nitrogen and oxygen atoms in total. The smallest absolute Gasteiger partial charge is 0.244 e. The van der Waals surface area contributed by atoms with Crippen molar-refractivity contribution in [3.63, 3.8) is 0 Å². The van der Waals surface area contributed by atoms with Gasteiger partial charge in [0, 0.05) is 26.1 Å². The number of carbonyl (C=O) groups excluding carboxylic acids is 1. The number of amides is 1. The van der Waals surface area contributed by atoms with E-state index in [2.05, 4.69) is 28.4 Å². The maximum Gasteiger partial charge on any atom is 0.244 e. The van der Waals surface area contributed by atoms with E-state index >= 15 is 0 Å². The summed E-state index contributed by atoms with van der Waals surface area (Å²) in [7, 11) is -2.43. The highest BCUT2D eigenvalue weighted by atomic mass is 35.5. The number of hydrogen-bond acceptors (Lipinski definition) is 4. The van der Waals surface area contributed by atoms with E-state index in [1.165, 1.54) is 68.2 Å². The van der Waals surface area contributed by atoms with Crippen LogP contribution in [0.1, 0.15) is 61.8 Å². The van der Waals surface area contributed by atoms with Crippen LogP contribution in [0.4, 0.5) is 0 Å². The molecule has 4 rings (SSSR count). The van der Waals surface area contributed by atoms with Crippen molar-refractivity contribution in [3.8, 4) is 0 Å². The summed E-state index contributed by atoms with van der Waals surface area (Å²) in [6, 6.07) is 11.1. The molecule has 1 aliphatic carbocycles. The Morgan fingerprint density at radius 2 is 1.89 bits per heavy atom. The lowest BCUT2D eigenvalue weighted by atomic mass is 9.86. The molecule has 0 bridgehead atoms. The van der Waals surface area contributed by atoms with Gasteiger partial charge in [-0.15, -0.1) is 0 Å². The first-order valence-corrected chi connectivity index (χ1v) is 14.9. The third kappa shape index (κ3) is 6.25. The van der Waals surface area contributed by atoms with Gasteiger partial charge in [0.1, 0.15) is 4.90 Å². The molecule has 1 fully saturated rings. The Kier molecular flexibility index (Phi) is 9.00. The molecule has 0 aromatic heterocycles. The Balaban J connectivity index is 1.39. The van der Waals surface area contributed by atoms with Crippen molar-refractivity contribution in [2.75, 3.05) is 26.7 Å². The van der Waals surface area contributed by atoms with Crippen LogP contribution in [-0.4, -0.2) is 50.2 Å². The van der Waals surface area contributed by atoms with Gasteiger partial charge in [0.2, 0.25) is 15.9 Å². The number of likely N-dealkylation sites (tertiary alicyclic amines) is 1. The molecule has 2 aromatic rings. The summed E-state index contributed by atoms with van der Waals surface area (Å²) in [6.45, 7) is 5.10. The number of sulfonamides is 1. The van der Waals surface area contributed by atoms with Gasteiger partial charge in [-0.1, -0.05) is 60.8 Å². The highest BCUT2D eigenvalue weighted by molar-refractivity contribution is 7.89. The first kappa shape index (κ1) is 27.4. The Labute approximate surface area is 225 Å². The number of aryl methyl sites for hydroxylation is 1. The lowest BCUT2D eigenvalue weighted by molar-refractivity contribution is -0.125. The zero-order valence-corrected chi connectivity index (χ0v) is 23.3. The fourth-order valence-electron chi connectivity index (χ4n) is 5.22. The second kappa shape index (κ2) is 11.8. The monoisotopic (exact) mass is 551 g/mol. The summed E-state index contributed by atoms with van der Waals surface area (Å²) in [5.74, 6) is -0.698. The molecule has 36 heavy (non-hydrogen) atoms. The third-order valence-corrected chi connectivity index (χ3v) is 10.1. The summed E-state index contributed by atoms with van der Waals surface area (Å²) in [4.78, 5) is 15.5. The van der Waals surface area contributed by atoms with E-state index in [1.807, 2.05) is 0 Å². The molecule has 1 amide bonds. The number of piperidine rings is 1. The van der Waals surface area contributed by atoms with E-state index in [0.29, 0.717) is 0 Å². The van der Waals surface area contributed by atoms with Gasteiger partial charge in [-0.25, -0.2) is 12.7 Å². The van der Waals surface area contributed by atoms with Crippen molar-refractivity contribution >= 4 is 39.1 Å². The molecule has 1 N–H and O–H groups in total. The molecule has 1 saturated heterocycles. The SMILES string of the molecule is CC(CN(C)S(=O)(=O)c1cccc(Cl)c1Cl)C(=O)N[C@@H]1CCCc2cc(CN3CCCCC3)ccc21. The molecular weight excluding hydrogens is 517 g/mol. The van der Waals surface area contributed by atoms with Crippen LogP contribution in [0.2, 0.25) is 10.0 Å². The first-order valence-electron chi connectivity index (χ1n) is 12.7. The summed E-state index contributed by atoms with van der Waals surface area (Å²) < 4.78 is 27.2. The van der Waals surface area contributed by atoms with Gasteiger partial charge in [-0.3, -0.25) is 9.69 Å². The van der Waals surface area contributed by atoms with Crippen molar-refractivity contribution in [2.45, 2.75) is 62.9 Å². The van der Waals surface area contributed by atoms with Gasteiger partial charge in [-0.2, -0.15) is 0 Å². The molecular formula is C27H35Cl2N3O3S. The molecule has 2 aromatic carbocycles. The Morgan fingerprint density at radius 1 is 1.14 bits per heavy atom. The third-order valence-electron chi connectivity index (χ3n) is 7.28. The summed E-state index contributed by atoms with van der Waals surface area (Å²) >= 11 is 12.2. The van der Waals surface area contributed by atoms with Crippen LogP contribution in [0.25, 0.3) is 0 Å². The number of benzene rings is 2. The minimum absolute atomic E-state index is 0.0124. The molecule has 0 saturated carbocycles. The molecule has 2 atom stereocenters. The Hall–Kier alpha value is -1.64. The zero-order chi connectivity index (χ0) is 25.9. The number of nitrogens with zero attached hydrogens (tertiary/aromatic N) is 2. The van der Waals surface area contributed by atoms with Gasteiger partial charge in [0.05, 0.1) is 16.1 Å². The average Bonchev–Trinajstić information content (AvgIpc) is 2.86. The van der Waals surface area contributed by atoms with Crippen LogP contribution in [0.15, 0.2) is 41.3 Å². The maximum absolute atomic E-state index is 13.1. The highest BCUT2D eigenvalue weighted by Crippen LogP contribution is 2.32. The van der Waals surface area contributed by atoms with Gasteiger partial charge in [-0.05, 0) is 74.0 Å². The van der Waals surface area contributed by atoms with E-state index in [4.69, 9.17) is 23.2 Å². The highest BCUT2D eigenvalue weighted by Gasteiger charge is 2.29. The van der Waals surface area contributed by atoms with Gasteiger partial charge < -0.3 is 5.32 Å². The lowest BCUT2D eigenvalue weighted by Gasteiger charge is -2.30. The Morgan fingerprint density at radius 3 is 2.64 bits per heavy atom. The summed E-state index contributed by atoms with van der Waals surface area (Å²) in [6.07, 6.45) is 6.80. The topological polar surface area (TPSA) is 69.7 Å². The van der Waals surface area contributed by atoms with Crippen LogP contribution < -0.4 is 5.32 Å². The van der Waals surface area contributed by atoms with Gasteiger partial charge in [0.15, 0.2) is 0 Å². The predicted octanol–water partition coefficient (Wildman–Crippen LogP) is 5.43. The summed E-state index contributed by atoms with van der Waals surface area (Å²) in [5.41, 5.74) is 3.82. The minimum Gasteiger partial charge on any atom is -0.349 e. The van der Waals surface area contributed by atoms with Crippen molar-refractivity contribution in [1.29, 1.82) is 0 Å². The number of fused-ring (bicyclic) bond motifs is 1. The van der Waals surface area contributed by atoms with Crippen molar-refractivity contribution in [3.05, 3.63) is 63.1 Å². The predicted molar refractivity (Wildman–Crippen MR) is 145 cm³/mol. The van der Waals surface area contributed by atoms with Crippen molar-refractivity contribution < 1.29 is 13.2 Å². The molecule has 1 heterocycles. The second-order valence-corrected chi connectivity index (χ2v) is 12.9. The number of halogens is 2. The molecule has 0 radical (unpaired) electrons. The van der Waals surface area contributed by atoms with Gasteiger partial charge in [0.25, 0.3) is 0 Å². The van der Waals surface area contributed by atoms with E-state index in [-0.39, 0.29) is 33.4 Å². The first-order chi connectivity index (χ1) is 17.2. The molecule has 0 spiro atoms. The normalized spacial score (nSPS) is 19.6. The van der Waals surface area contributed by atoms with E-state index < -0.39 is 15.9 Å². The van der Waals surface area contributed by atoms with Crippen LogP contribution in [-0.2, 0) is 27.8 Å². The standard InChI is InChI=1S/C27H35Cl2N3O3S/c1-19(17-31(2)36(34,35)25-11-7-9-23(28)26(25)29)27(33)30-24-10-6-8-21-16-20(12-13-22(21)24)18-32-14-4-3-5-15-32/h7,9,11-13,16,19,24H,3-6,8,10,14-15,17-18H2,1-2H3,(H,30,33)/t19?,24-/m1/s1. The Bertz CT molecular complexity index is 1200. The number of hydrogen-bond donors (Lipinski definition) is 1. The molecule has 9 heteroatoms. The zero-order valence-electron chi connectivity index (χ0n) is 21.0. The van der Waals surface area contributed by atoms with Crippen LogP contribution in [0, 0.1) is 5.92 Å². The van der Waals surface area contributed by atoms with Crippen LogP contribution in [0.3, 0.4) is 0 Å². The molecule has 2 aliphatic rings. The minimum atomic E-state index is -3.89. The van der Waals surface area contributed by atoms with Crippen molar-refractivity contribution in [1.82, 2.24) is 14.5 Å². The van der Waals surface area contributed by atoms with E-state index in [9.17, 15) is 13.2 Å². The fraction of sp³-hybridized carbons (Fsp3) is 0.519. The van der Waals surface area contributed by atoms with E-state index in [0.717, 1.165) is 30.1 Å². The largest absolute Gasteiger partial charge is 0.349 e.